The molecule has 0 atom stereocenters. The first-order valence-corrected chi connectivity index (χ1v) is 7.06. The minimum atomic E-state index is -0.0537. The average molecular weight is 265 g/mol. The van der Waals surface area contributed by atoms with Crippen molar-refractivity contribution < 1.29 is 4.79 Å². The maximum atomic E-state index is 12.3. The van der Waals surface area contributed by atoms with Crippen LogP contribution in [-0.2, 0) is 6.42 Å². The van der Waals surface area contributed by atoms with Gasteiger partial charge < -0.3 is 4.90 Å². The number of carbonyl (C=O) groups excluding carboxylic acids is 1. The summed E-state index contributed by atoms with van der Waals surface area (Å²) in [6, 6.07) is 0.539. The molecule has 0 unspecified atom stereocenters. The van der Waals surface area contributed by atoms with Crippen molar-refractivity contribution in [3.63, 3.8) is 0 Å². The van der Waals surface area contributed by atoms with Crippen LogP contribution in [0.1, 0.15) is 43.6 Å². The van der Waals surface area contributed by atoms with Crippen molar-refractivity contribution in [2.45, 2.75) is 39.7 Å². The highest BCUT2D eigenvalue weighted by Gasteiger charge is 2.25. The molecule has 6 nitrogen and oxygen atoms in total. The van der Waals surface area contributed by atoms with Gasteiger partial charge in [-0.05, 0) is 20.3 Å². The van der Waals surface area contributed by atoms with E-state index in [2.05, 4.69) is 40.9 Å². The molecule has 0 spiro atoms. The molecular weight excluding hydrogens is 242 g/mol. The summed E-state index contributed by atoms with van der Waals surface area (Å²) >= 11 is 0. The van der Waals surface area contributed by atoms with Crippen molar-refractivity contribution in [3.05, 3.63) is 11.6 Å². The van der Waals surface area contributed by atoms with Crippen molar-refractivity contribution in [1.29, 1.82) is 0 Å². The van der Waals surface area contributed by atoms with Crippen molar-refractivity contribution in [2.75, 3.05) is 26.2 Å². The zero-order valence-corrected chi connectivity index (χ0v) is 12.0. The Kier molecular flexibility index (Phi) is 4.52. The van der Waals surface area contributed by atoms with Crippen molar-refractivity contribution in [1.82, 2.24) is 25.0 Å². The first kappa shape index (κ1) is 14.0. The molecule has 2 heterocycles. The Morgan fingerprint density at radius 1 is 1.32 bits per heavy atom. The molecule has 1 aliphatic heterocycles. The molecule has 0 aromatic carbocycles. The lowest BCUT2D eigenvalue weighted by Crippen LogP contribution is -2.50. The van der Waals surface area contributed by atoms with Gasteiger partial charge in [0.1, 0.15) is 5.82 Å². The lowest BCUT2D eigenvalue weighted by atomic mass is 10.2. The lowest BCUT2D eigenvalue weighted by Gasteiger charge is -2.36. The third-order valence-corrected chi connectivity index (χ3v) is 3.54. The van der Waals surface area contributed by atoms with Gasteiger partial charge in [0.15, 0.2) is 0 Å². The molecule has 1 N–H and O–H groups in total. The van der Waals surface area contributed by atoms with E-state index >= 15 is 0 Å². The highest BCUT2D eigenvalue weighted by atomic mass is 16.2. The monoisotopic (exact) mass is 265 g/mol. The number of carbonyl (C=O) groups is 1. The number of nitrogens with one attached hydrogen (secondary N) is 1. The Morgan fingerprint density at radius 2 is 2.00 bits per heavy atom. The van der Waals surface area contributed by atoms with Crippen LogP contribution in [0.4, 0.5) is 0 Å². The highest BCUT2D eigenvalue weighted by molar-refractivity contribution is 5.90. The van der Waals surface area contributed by atoms with E-state index < -0.39 is 0 Å². The fourth-order valence-corrected chi connectivity index (χ4v) is 2.32. The normalized spacial score (nSPS) is 17.2. The van der Waals surface area contributed by atoms with E-state index in [9.17, 15) is 4.79 Å². The second-order valence-electron chi connectivity index (χ2n) is 5.28. The zero-order chi connectivity index (χ0) is 13.8. The first-order chi connectivity index (χ1) is 9.11. The molecule has 1 amide bonds. The van der Waals surface area contributed by atoms with Gasteiger partial charge in [0.25, 0.3) is 5.91 Å². The number of rotatable bonds is 4. The second kappa shape index (κ2) is 6.14. The molecule has 0 bridgehead atoms. The van der Waals surface area contributed by atoms with Crippen LogP contribution >= 0.6 is 0 Å². The van der Waals surface area contributed by atoms with Crippen molar-refractivity contribution >= 4 is 5.91 Å². The van der Waals surface area contributed by atoms with E-state index in [1.807, 2.05) is 4.90 Å². The summed E-state index contributed by atoms with van der Waals surface area (Å²) in [7, 11) is 0. The van der Waals surface area contributed by atoms with Crippen LogP contribution in [-0.4, -0.2) is 63.1 Å². The molecule has 1 saturated heterocycles. The molecule has 19 heavy (non-hydrogen) atoms. The smallest absolute Gasteiger partial charge is 0.293 e. The van der Waals surface area contributed by atoms with Crippen molar-refractivity contribution in [2.24, 2.45) is 0 Å². The summed E-state index contributed by atoms with van der Waals surface area (Å²) in [5.41, 5.74) is 0. The Bertz CT molecular complexity index is 420. The third kappa shape index (κ3) is 3.32. The second-order valence-corrected chi connectivity index (χ2v) is 5.28. The van der Waals surface area contributed by atoms with E-state index in [1.54, 1.807) is 0 Å². The van der Waals surface area contributed by atoms with Crippen LogP contribution < -0.4 is 0 Å². The maximum Gasteiger partial charge on any atom is 0.293 e. The predicted molar refractivity (Wildman–Crippen MR) is 73.0 cm³/mol. The number of H-pyrrole nitrogens is 1. The fourth-order valence-electron chi connectivity index (χ4n) is 2.32. The van der Waals surface area contributed by atoms with Crippen LogP contribution in [0.3, 0.4) is 0 Å². The molecule has 1 fully saturated rings. The molecule has 0 radical (unpaired) electrons. The van der Waals surface area contributed by atoms with Crippen LogP contribution in [0.5, 0.6) is 0 Å². The third-order valence-electron chi connectivity index (χ3n) is 3.54. The summed E-state index contributed by atoms with van der Waals surface area (Å²) in [6.07, 6.45) is 1.83. The van der Waals surface area contributed by atoms with E-state index in [0.717, 1.165) is 44.8 Å². The quantitative estimate of drug-likeness (QED) is 0.879. The molecule has 0 saturated carbocycles. The van der Waals surface area contributed by atoms with Crippen LogP contribution in [0.25, 0.3) is 0 Å². The average Bonchev–Trinajstić information content (AvgIpc) is 2.87. The largest absolute Gasteiger partial charge is 0.333 e. The van der Waals surface area contributed by atoms with Gasteiger partial charge in [-0.15, -0.1) is 5.10 Å². The van der Waals surface area contributed by atoms with Crippen LogP contribution in [0, 0.1) is 0 Å². The minimum absolute atomic E-state index is 0.0537. The van der Waals surface area contributed by atoms with E-state index in [4.69, 9.17) is 0 Å². The number of hydrogen-bond acceptors (Lipinski definition) is 4. The van der Waals surface area contributed by atoms with Gasteiger partial charge >= 0.3 is 0 Å². The lowest BCUT2D eigenvalue weighted by molar-refractivity contribution is 0.0584. The zero-order valence-electron chi connectivity index (χ0n) is 12.0. The summed E-state index contributed by atoms with van der Waals surface area (Å²) in [5, 5.41) is 6.86. The summed E-state index contributed by atoms with van der Waals surface area (Å²) in [6.45, 7) is 9.82. The molecule has 106 valence electrons. The molecule has 1 aromatic rings. The Balaban J connectivity index is 1.93. The number of hydrogen-bond donors (Lipinski definition) is 1. The molecule has 2 rings (SSSR count). The maximum absolute atomic E-state index is 12.3. The highest BCUT2D eigenvalue weighted by Crippen LogP contribution is 2.08. The molecule has 1 aliphatic rings. The summed E-state index contributed by atoms with van der Waals surface area (Å²) in [5.74, 6) is 1.05. The summed E-state index contributed by atoms with van der Waals surface area (Å²) < 4.78 is 0. The van der Waals surface area contributed by atoms with Crippen LogP contribution in [0.15, 0.2) is 0 Å². The topological polar surface area (TPSA) is 65.1 Å². The fraction of sp³-hybridized carbons (Fsp3) is 0.769. The molecule has 6 heteroatoms. The first-order valence-electron chi connectivity index (χ1n) is 7.06. The summed E-state index contributed by atoms with van der Waals surface area (Å²) in [4.78, 5) is 20.7. The SMILES string of the molecule is CCCc1nc(C(=O)N2CCN(C(C)C)CC2)n[nH]1. The number of aryl methyl sites for hydroxylation is 1. The number of aromatic amines is 1. The van der Waals surface area contributed by atoms with Gasteiger partial charge in [0, 0.05) is 38.6 Å². The van der Waals surface area contributed by atoms with Gasteiger partial charge in [-0.1, -0.05) is 6.92 Å². The number of nitrogens with zero attached hydrogens (tertiary/aromatic N) is 4. The van der Waals surface area contributed by atoms with E-state index in [-0.39, 0.29) is 5.91 Å². The molecule has 0 aliphatic carbocycles. The molecule has 1 aromatic heterocycles. The van der Waals surface area contributed by atoms with Gasteiger partial charge in [0.05, 0.1) is 0 Å². The van der Waals surface area contributed by atoms with Crippen LogP contribution in [0.2, 0.25) is 0 Å². The van der Waals surface area contributed by atoms with E-state index in [0.29, 0.717) is 11.9 Å². The Labute approximate surface area is 114 Å². The van der Waals surface area contributed by atoms with Gasteiger partial charge in [-0.2, -0.15) is 0 Å². The van der Waals surface area contributed by atoms with Gasteiger partial charge in [0.2, 0.25) is 5.82 Å². The Morgan fingerprint density at radius 3 is 2.58 bits per heavy atom. The number of aromatic nitrogens is 3. The van der Waals surface area contributed by atoms with E-state index in [1.165, 1.54) is 0 Å². The van der Waals surface area contributed by atoms with Gasteiger partial charge in [-0.25, -0.2) is 4.98 Å². The number of amides is 1. The Hall–Kier alpha value is -1.43. The predicted octanol–water partition coefficient (Wildman–Crippen LogP) is 0.923. The number of piperazine rings is 1. The standard InChI is InChI=1S/C13H23N5O/c1-4-5-11-14-12(16-15-11)13(19)18-8-6-17(7-9-18)10(2)3/h10H,4-9H2,1-3H3,(H,14,15,16). The molecular formula is C13H23N5O. The van der Waals surface area contributed by atoms with Gasteiger partial charge in [-0.3, -0.25) is 14.8 Å². The minimum Gasteiger partial charge on any atom is -0.333 e. The van der Waals surface area contributed by atoms with Crippen molar-refractivity contribution in [3.8, 4) is 0 Å².